The monoisotopic (exact) mass is 309 g/mol. The van der Waals surface area contributed by atoms with Gasteiger partial charge in [-0.15, -0.1) is 0 Å². The van der Waals surface area contributed by atoms with Gasteiger partial charge in [0.05, 0.1) is 5.02 Å². The van der Waals surface area contributed by atoms with Crippen molar-refractivity contribution in [2.75, 3.05) is 0 Å². The Morgan fingerprint density at radius 2 is 1.80 bits per heavy atom. The third-order valence-corrected chi connectivity index (χ3v) is 3.45. The molecule has 20 heavy (non-hydrogen) atoms. The number of nitrogens with two attached hydrogens (primary N) is 1. The summed E-state index contributed by atoms with van der Waals surface area (Å²) in [6.45, 7) is 1.96. The molecule has 2 N–H and O–H groups in total. The number of hydrogen-bond donors (Lipinski definition) is 1. The lowest BCUT2D eigenvalue weighted by Gasteiger charge is -2.22. The Hall–Kier alpha value is -1.22. The molecule has 0 fully saturated rings. The topological polar surface area (TPSA) is 35.2 Å². The van der Waals surface area contributed by atoms with Crippen molar-refractivity contribution >= 4 is 23.2 Å². The van der Waals surface area contributed by atoms with E-state index in [0.29, 0.717) is 22.2 Å². The first kappa shape index (κ1) is 15.2. The van der Waals surface area contributed by atoms with Crippen LogP contribution in [0.15, 0.2) is 48.5 Å². The van der Waals surface area contributed by atoms with Crippen LogP contribution in [0.5, 0.6) is 5.75 Å². The minimum absolute atomic E-state index is 0.0336. The lowest BCUT2D eigenvalue weighted by atomic mass is 10.0. The van der Waals surface area contributed by atoms with Gasteiger partial charge in [0.25, 0.3) is 0 Å². The summed E-state index contributed by atoms with van der Waals surface area (Å²) in [7, 11) is 0. The first-order chi connectivity index (χ1) is 9.56. The van der Waals surface area contributed by atoms with E-state index in [0.717, 1.165) is 5.56 Å². The summed E-state index contributed by atoms with van der Waals surface area (Å²) in [6, 6.07) is 15.2. The summed E-state index contributed by atoms with van der Waals surface area (Å²) >= 11 is 12.1. The Labute approximate surface area is 129 Å². The second kappa shape index (κ2) is 6.98. The fourth-order valence-electron chi connectivity index (χ4n) is 1.98. The molecule has 0 aliphatic carbocycles. The van der Waals surface area contributed by atoms with Gasteiger partial charge in [-0.2, -0.15) is 0 Å². The van der Waals surface area contributed by atoms with Crippen molar-refractivity contribution in [3.63, 3.8) is 0 Å². The molecule has 0 saturated heterocycles. The third kappa shape index (κ3) is 4.14. The molecular formula is C16H17Cl2NO. The highest BCUT2D eigenvalue weighted by Crippen LogP contribution is 2.32. The Morgan fingerprint density at radius 3 is 2.40 bits per heavy atom. The molecule has 2 unspecified atom stereocenters. The Kier molecular flexibility index (Phi) is 5.30. The van der Waals surface area contributed by atoms with Gasteiger partial charge in [-0.05, 0) is 30.7 Å². The molecule has 2 nitrogen and oxygen atoms in total. The molecule has 2 aromatic rings. The highest BCUT2D eigenvalue weighted by molar-refractivity contribution is 6.35. The van der Waals surface area contributed by atoms with Crippen LogP contribution in [0.4, 0.5) is 0 Å². The van der Waals surface area contributed by atoms with Crippen LogP contribution in [-0.2, 0) is 0 Å². The lowest BCUT2D eigenvalue weighted by Crippen LogP contribution is -2.21. The van der Waals surface area contributed by atoms with E-state index < -0.39 is 0 Å². The first-order valence-corrected chi connectivity index (χ1v) is 7.24. The van der Waals surface area contributed by atoms with Gasteiger partial charge < -0.3 is 10.5 Å². The zero-order valence-electron chi connectivity index (χ0n) is 11.2. The number of halogens is 2. The van der Waals surface area contributed by atoms with Gasteiger partial charge in [0.2, 0.25) is 0 Å². The van der Waals surface area contributed by atoms with Crippen LogP contribution in [0.2, 0.25) is 10.0 Å². The molecule has 0 aliphatic heterocycles. The predicted octanol–water partition coefficient (Wildman–Crippen LogP) is 4.85. The van der Waals surface area contributed by atoms with Gasteiger partial charge in [0.1, 0.15) is 11.9 Å². The SMILES string of the molecule is CC(N)CC(Oc1ccc(Cl)cc1Cl)c1ccccc1. The molecule has 0 saturated carbocycles. The maximum Gasteiger partial charge on any atom is 0.138 e. The summed E-state index contributed by atoms with van der Waals surface area (Å²) in [5.41, 5.74) is 6.99. The van der Waals surface area contributed by atoms with Crippen molar-refractivity contribution in [3.8, 4) is 5.75 Å². The summed E-state index contributed by atoms with van der Waals surface area (Å²) < 4.78 is 6.03. The quantitative estimate of drug-likeness (QED) is 0.856. The molecular weight excluding hydrogens is 293 g/mol. The molecule has 2 aromatic carbocycles. The molecule has 0 aliphatic rings. The van der Waals surface area contributed by atoms with Crippen LogP contribution in [0.3, 0.4) is 0 Å². The second-order valence-electron chi connectivity index (χ2n) is 4.80. The average molecular weight is 310 g/mol. The van der Waals surface area contributed by atoms with Crippen LogP contribution in [0, 0.1) is 0 Å². The average Bonchev–Trinajstić information content (AvgIpc) is 2.41. The van der Waals surface area contributed by atoms with Gasteiger partial charge in [-0.3, -0.25) is 0 Å². The molecule has 0 aromatic heterocycles. The number of hydrogen-bond acceptors (Lipinski definition) is 2. The molecule has 0 amide bonds. The van der Waals surface area contributed by atoms with Crippen LogP contribution in [-0.4, -0.2) is 6.04 Å². The normalized spacial score (nSPS) is 13.8. The molecule has 0 radical (unpaired) electrons. The van der Waals surface area contributed by atoms with Gasteiger partial charge in [0.15, 0.2) is 0 Å². The smallest absolute Gasteiger partial charge is 0.138 e. The van der Waals surface area contributed by atoms with Crippen LogP contribution in [0.25, 0.3) is 0 Å². The van der Waals surface area contributed by atoms with Crippen molar-refractivity contribution in [3.05, 3.63) is 64.1 Å². The molecule has 4 heteroatoms. The van der Waals surface area contributed by atoms with Gasteiger partial charge in [-0.1, -0.05) is 53.5 Å². The van der Waals surface area contributed by atoms with Crippen molar-refractivity contribution in [1.82, 2.24) is 0 Å². The fourth-order valence-corrected chi connectivity index (χ4v) is 2.43. The number of rotatable bonds is 5. The standard InChI is InChI=1S/C16H17Cl2NO/c1-11(19)9-16(12-5-3-2-4-6-12)20-15-8-7-13(17)10-14(15)18/h2-8,10-11,16H,9,19H2,1H3. The van der Waals surface area contributed by atoms with Crippen molar-refractivity contribution < 1.29 is 4.74 Å². The van der Waals surface area contributed by atoms with E-state index in [1.807, 2.05) is 37.3 Å². The Bertz CT molecular complexity index is 558. The lowest BCUT2D eigenvalue weighted by molar-refractivity contribution is 0.187. The van der Waals surface area contributed by atoms with Crippen LogP contribution >= 0.6 is 23.2 Å². The van der Waals surface area contributed by atoms with Crippen LogP contribution < -0.4 is 10.5 Å². The molecule has 0 bridgehead atoms. The molecule has 0 spiro atoms. The third-order valence-electron chi connectivity index (χ3n) is 2.92. The van der Waals surface area contributed by atoms with E-state index in [1.54, 1.807) is 18.2 Å². The number of benzene rings is 2. The fraction of sp³-hybridized carbons (Fsp3) is 0.250. The van der Waals surface area contributed by atoms with E-state index in [1.165, 1.54) is 0 Å². The molecule has 2 atom stereocenters. The minimum atomic E-state index is -0.130. The van der Waals surface area contributed by atoms with E-state index >= 15 is 0 Å². The zero-order chi connectivity index (χ0) is 14.5. The van der Waals surface area contributed by atoms with Crippen molar-refractivity contribution in [1.29, 1.82) is 0 Å². The minimum Gasteiger partial charge on any atom is -0.484 e. The van der Waals surface area contributed by atoms with E-state index in [-0.39, 0.29) is 12.1 Å². The second-order valence-corrected chi connectivity index (χ2v) is 5.65. The molecule has 0 heterocycles. The van der Waals surface area contributed by atoms with E-state index in [9.17, 15) is 0 Å². The summed E-state index contributed by atoms with van der Waals surface area (Å²) in [5, 5.41) is 1.09. The van der Waals surface area contributed by atoms with Gasteiger partial charge in [0, 0.05) is 17.5 Å². The van der Waals surface area contributed by atoms with Gasteiger partial charge in [-0.25, -0.2) is 0 Å². The van der Waals surface area contributed by atoms with Crippen LogP contribution in [0.1, 0.15) is 25.0 Å². The predicted molar refractivity (Wildman–Crippen MR) is 84.5 cm³/mol. The largest absolute Gasteiger partial charge is 0.484 e. The summed E-state index contributed by atoms with van der Waals surface area (Å²) in [5.74, 6) is 0.616. The van der Waals surface area contributed by atoms with E-state index in [4.69, 9.17) is 33.7 Å². The highest BCUT2D eigenvalue weighted by atomic mass is 35.5. The summed E-state index contributed by atoms with van der Waals surface area (Å²) in [4.78, 5) is 0. The Balaban J connectivity index is 2.24. The molecule has 2 rings (SSSR count). The maximum atomic E-state index is 6.16. The number of ether oxygens (including phenoxy) is 1. The molecule has 106 valence electrons. The van der Waals surface area contributed by atoms with Gasteiger partial charge >= 0.3 is 0 Å². The first-order valence-electron chi connectivity index (χ1n) is 6.48. The highest BCUT2D eigenvalue weighted by Gasteiger charge is 2.16. The maximum absolute atomic E-state index is 6.16. The Morgan fingerprint density at radius 1 is 1.10 bits per heavy atom. The zero-order valence-corrected chi connectivity index (χ0v) is 12.7. The van der Waals surface area contributed by atoms with Crippen molar-refractivity contribution in [2.45, 2.75) is 25.5 Å². The summed E-state index contributed by atoms with van der Waals surface area (Å²) in [6.07, 6.45) is 0.582. The van der Waals surface area contributed by atoms with E-state index in [2.05, 4.69) is 0 Å². The van der Waals surface area contributed by atoms with Crippen molar-refractivity contribution in [2.24, 2.45) is 5.73 Å².